The van der Waals surface area contributed by atoms with Crippen molar-refractivity contribution in [2.45, 2.75) is 37.5 Å². The molecule has 4 rings (SSSR count). The largest absolute Gasteiger partial charge is 0.371 e. The molecular weight excluding hydrogens is 308 g/mol. The summed E-state index contributed by atoms with van der Waals surface area (Å²) in [6, 6.07) is 6.49. The van der Waals surface area contributed by atoms with Crippen LogP contribution in [-0.2, 0) is 11.3 Å². The van der Waals surface area contributed by atoms with E-state index in [9.17, 15) is 0 Å². The summed E-state index contributed by atoms with van der Waals surface area (Å²) in [7, 11) is 0. The lowest BCUT2D eigenvalue weighted by atomic mass is 9.88. The van der Waals surface area contributed by atoms with Crippen molar-refractivity contribution in [3.05, 3.63) is 40.8 Å². The lowest BCUT2D eigenvalue weighted by Crippen LogP contribution is -2.47. The molecule has 2 aromatic heterocycles. The highest BCUT2D eigenvalue weighted by Gasteiger charge is 2.43. The standard InChI is InChI=1S/C17H22N4OS/c1-4-15(23-9-1)11-21-8-2-5-17(13-21)10-14(12-22-17)20-16-18-6-3-7-19-16/h1,3-4,6-7,9,14H,2,5,8,10-13H2,(H,18,19,20)/t14-,17-/m0/s1. The van der Waals surface area contributed by atoms with Crippen LogP contribution in [0, 0.1) is 0 Å². The van der Waals surface area contributed by atoms with E-state index in [0.29, 0.717) is 12.0 Å². The number of thiophene rings is 1. The minimum absolute atomic E-state index is 0.00194. The zero-order valence-electron chi connectivity index (χ0n) is 13.1. The number of ether oxygens (including phenoxy) is 1. The number of hydrogen-bond donors (Lipinski definition) is 1. The van der Waals surface area contributed by atoms with Gasteiger partial charge in [0.05, 0.1) is 18.2 Å². The Morgan fingerprint density at radius 3 is 3.09 bits per heavy atom. The maximum Gasteiger partial charge on any atom is 0.222 e. The molecule has 23 heavy (non-hydrogen) atoms. The van der Waals surface area contributed by atoms with Gasteiger partial charge >= 0.3 is 0 Å². The molecule has 2 aromatic rings. The van der Waals surface area contributed by atoms with Gasteiger partial charge in [0.2, 0.25) is 5.95 Å². The second kappa shape index (κ2) is 6.55. The Bertz CT molecular complexity index is 621. The van der Waals surface area contributed by atoms with Crippen molar-refractivity contribution in [3.63, 3.8) is 0 Å². The highest BCUT2D eigenvalue weighted by molar-refractivity contribution is 7.09. The second-order valence-corrected chi connectivity index (χ2v) is 7.54. The Labute approximate surface area is 140 Å². The number of hydrogen-bond acceptors (Lipinski definition) is 6. The van der Waals surface area contributed by atoms with Crippen LogP contribution < -0.4 is 5.32 Å². The summed E-state index contributed by atoms with van der Waals surface area (Å²) in [4.78, 5) is 12.5. The van der Waals surface area contributed by atoms with Gasteiger partial charge in [0.1, 0.15) is 0 Å². The van der Waals surface area contributed by atoms with Gasteiger partial charge in [-0.1, -0.05) is 6.07 Å². The average molecular weight is 330 g/mol. The van der Waals surface area contributed by atoms with Crippen molar-refractivity contribution >= 4 is 17.3 Å². The van der Waals surface area contributed by atoms with E-state index < -0.39 is 0 Å². The number of rotatable bonds is 4. The molecule has 6 heteroatoms. The molecule has 0 aromatic carbocycles. The van der Waals surface area contributed by atoms with Crippen LogP contribution in [0.1, 0.15) is 24.1 Å². The molecule has 1 spiro atoms. The molecule has 0 amide bonds. The number of anilines is 1. The maximum atomic E-state index is 6.26. The number of nitrogens with one attached hydrogen (secondary N) is 1. The van der Waals surface area contributed by atoms with Gasteiger partial charge in [0, 0.05) is 36.8 Å². The molecule has 4 heterocycles. The third-order valence-corrected chi connectivity index (χ3v) is 5.55. The quantitative estimate of drug-likeness (QED) is 0.934. The van der Waals surface area contributed by atoms with Gasteiger partial charge in [0.15, 0.2) is 0 Å². The molecule has 0 saturated carbocycles. The van der Waals surface area contributed by atoms with Gasteiger partial charge in [-0.2, -0.15) is 0 Å². The number of nitrogens with zero attached hydrogens (tertiary/aromatic N) is 3. The summed E-state index contributed by atoms with van der Waals surface area (Å²) in [5.41, 5.74) is 0.00194. The van der Waals surface area contributed by atoms with Crippen molar-refractivity contribution in [3.8, 4) is 0 Å². The summed E-state index contributed by atoms with van der Waals surface area (Å²) in [5, 5.41) is 5.56. The van der Waals surface area contributed by atoms with E-state index in [-0.39, 0.29) is 5.60 Å². The molecule has 1 N–H and O–H groups in total. The van der Waals surface area contributed by atoms with E-state index in [4.69, 9.17) is 4.74 Å². The molecule has 0 bridgehead atoms. The predicted molar refractivity (Wildman–Crippen MR) is 91.6 cm³/mol. The van der Waals surface area contributed by atoms with Gasteiger partial charge in [-0.3, -0.25) is 4.90 Å². The first-order valence-corrected chi connectivity index (χ1v) is 9.12. The summed E-state index contributed by atoms with van der Waals surface area (Å²) in [6.07, 6.45) is 6.93. The molecule has 0 aliphatic carbocycles. The molecular formula is C17H22N4OS. The predicted octanol–water partition coefficient (Wildman–Crippen LogP) is 2.77. The molecule has 2 saturated heterocycles. The van der Waals surface area contributed by atoms with Crippen molar-refractivity contribution in [2.24, 2.45) is 0 Å². The van der Waals surface area contributed by atoms with E-state index in [1.807, 2.05) is 17.4 Å². The minimum Gasteiger partial charge on any atom is -0.371 e. The smallest absolute Gasteiger partial charge is 0.222 e. The highest BCUT2D eigenvalue weighted by Crippen LogP contribution is 2.36. The van der Waals surface area contributed by atoms with E-state index in [0.717, 1.165) is 32.5 Å². The lowest BCUT2D eigenvalue weighted by Gasteiger charge is -2.39. The summed E-state index contributed by atoms with van der Waals surface area (Å²) < 4.78 is 6.26. The fraction of sp³-hybridized carbons (Fsp3) is 0.529. The maximum absolute atomic E-state index is 6.26. The summed E-state index contributed by atoms with van der Waals surface area (Å²) in [6.45, 7) is 3.98. The fourth-order valence-corrected chi connectivity index (χ4v) is 4.47. The molecule has 0 unspecified atom stereocenters. The zero-order chi connectivity index (χ0) is 15.5. The molecule has 122 valence electrons. The van der Waals surface area contributed by atoms with Gasteiger partial charge in [-0.05, 0) is 36.9 Å². The van der Waals surface area contributed by atoms with Gasteiger partial charge < -0.3 is 10.1 Å². The number of likely N-dealkylation sites (tertiary alicyclic amines) is 1. The molecule has 2 atom stereocenters. The van der Waals surface area contributed by atoms with Crippen molar-refractivity contribution in [1.82, 2.24) is 14.9 Å². The Hall–Kier alpha value is -1.50. The third kappa shape index (κ3) is 3.54. The Balaban J connectivity index is 1.37. The van der Waals surface area contributed by atoms with Gasteiger partial charge in [-0.15, -0.1) is 11.3 Å². The molecule has 0 radical (unpaired) electrons. The summed E-state index contributed by atoms with van der Waals surface area (Å²) in [5.74, 6) is 0.699. The summed E-state index contributed by atoms with van der Waals surface area (Å²) >= 11 is 1.84. The van der Waals surface area contributed by atoms with Crippen LogP contribution in [0.3, 0.4) is 0 Å². The molecule has 2 aliphatic heterocycles. The third-order valence-electron chi connectivity index (χ3n) is 4.69. The van der Waals surface area contributed by atoms with Crippen LogP contribution in [-0.4, -0.2) is 46.2 Å². The average Bonchev–Trinajstić information content (AvgIpc) is 3.19. The van der Waals surface area contributed by atoms with Crippen LogP contribution in [0.15, 0.2) is 36.0 Å². The highest BCUT2D eigenvalue weighted by atomic mass is 32.1. The normalized spacial score (nSPS) is 28.3. The minimum atomic E-state index is 0.00194. The molecule has 2 fully saturated rings. The van der Waals surface area contributed by atoms with Crippen LogP contribution in [0.25, 0.3) is 0 Å². The number of piperidine rings is 1. The van der Waals surface area contributed by atoms with E-state index >= 15 is 0 Å². The number of aromatic nitrogens is 2. The van der Waals surface area contributed by atoms with Crippen LogP contribution >= 0.6 is 11.3 Å². The van der Waals surface area contributed by atoms with Crippen LogP contribution in [0.5, 0.6) is 0 Å². The lowest BCUT2D eigenvalue weighted by molar-refractivity contribution is -0.0531. The molecule has 2 aliphatic rings. The first-order chi connectivity index (χ1) is 11.3. The van der Waals surface area contributed by atoms with Gasteiger partial charge in [0.25, 0.3) is 0 Å². The van der Waals surface area contributed by atoms with E-state index in [1.54, 1.807) is 12.4 Å². The second-order valence-electron chi connectivity index (χ2n) is 6.51. The Morgan fingerprint density at radius 2 is 2.26 bits per heavy atom. The van der Waals surface area contributed by atoms with E-state index in [2.05, 4.69) is 37.7 Å². The van der Waals surface area contributed by atoms with Crippen LogP contribution in [0.2, 0.25) is 0 Å². The van der Waals surface area contributed by atoms with E-state index in [1.165, 1.54) is 17.8 Å². The fourth-order valence-electron chi connectivity index (χ4n) is 3.73. The molecule has 5 nitrogen and oxygen atoms in total. The SMILES string of the molecule is c1cnc(N[C@@H]2CO[C@@]3(CCCN(Cc4cccs4)C3)C2)nc1. The Kier molecular flexibility index (Phi) is 4.29. The topological polar surface area (TPSA) is 50.3 Å². The zero-order valence-corrected chi connectivity index (χ0v) is 14.0. The monoisotopic (exact) mass is 330 g/mol. The Morgan fingerprint density at radius 1 is 1.35 bits per heavy atom. The van der Waals surface area contributed by atoms with Gasteiger partial charge in [-0.25, -0.2) is 9.97 Å². The van der Waals surface area contributed by atoms with Crippen molar-refractivity contribution in [1.29, 1.82) is 0 Å². The van der Waals surface area contributed by atoms with Crippen LogP contribution in [0.4, 0.5) is 5.95 Å². The van der Waals surface area contributed by atoms with Crippen molar-refractivity contribution in [2.75, 3.05) is 25.0 Å². The first-order valence-electron chi connectivity index (χ1n) is 8.24. The van der Waals surface area contributed by atoms with Crippen molar-refractivity contribution < 1.29 is 4.74 Å². The first kappa shape index (κ1) is 15.1.